The van der Waals surface area contributed by atoms with Crippen LogP contribution in [-0.2, 0) is 0 Å². The third-order valence-corrected chi connectivity index (χ3v) is 2.55. The van der Waals surface area contributed by atoms with Crippen LogP contribution in [0, 0.1) is 10.1 Å². The van der Waals surface area contributed by atoms with Crippen molar-refractivity contribution in [2.45, 2.75) is 3.92 Å². The molecule has 0 aromatic heterocycles. The molecule has 0 spiro atoms. The molecule has 0 radical (unpaired) electrons. The van der Waals surface area contributed by atoms with Gasteiger partial charge in [0.15, 0.2) is 0 Å². The Bertz CT molecular complexity index is 116. The van der Waals surface area contributed by atoms with E-state index in [1.54, 1.807) is 0 Å². The minimum absolute atomic E-state index is 1.02. The van der Waals surface area contributed by atoms with Crippen LogP contribution < -0.4 is 0 Å². The molecule has 0 rings (SSSR count). The lowest BCUT2D eigenvalue weighted by molar-refractivity contribution is -0.491. The molecule has 0 aromatic rings. The fraction of sp³-hybridized carbons (Fsp3) is 1.00. The zero-order valence-electron chi connectivity index (χ0n) is 5.07. The first-order valence-corrected chi connectivity index (χ1v) is 5.57. The van der Waals surface area contributed by atoms with Crippen molar-refractivity contribution in [1.82, 2.24) is 0 Å². The smallest absolute Gasteiger partial charge is 0.260 e. The summed E-state index contributed by atoms with van der Waals surface area (Å²) in [5.74, 6) is 0. The van der Waals surface area contributed by atoms with Crippen LogP contribution in [0.15, 0.2) is 0 Å². The van der Waals surface area contributed by atoms with Crippen LogP contribution in [0.3, 0.4) is 0 Å². The highest BCUT2D eigenvalue weighted by Crippen LogP contribution is 2.25. The Hall–Kier alpha value is 1.23. The molecule has 3 nitrogen and oxygen atoms in total. The maximum absolute atomic E-state index is 9.43. The number of halogens is 5. The molecule has 0 aromatic carbocycles. The zero-order valence-corrected chi connectivity index (χ0v) is 10.5. The summed E-state index contributed by atoms with van der Waals surface area (Å²) in [5.41, 5.74) is 0. The number of nitrogens with zero attached hydrogens (tertiary/aromatic N) is 1. The highest BCUT2D eigenvalue weighted by molar-refractivity contribution is 9.11. The van der Waals surface area contributed by atoms with Crippen LogP contribution >= 0.6 is 66.7 Å². The molecular weight excluding hydrogens is 348 g/mol. The second kappa shape index (κ2) is 7.86. The molecule has 68 valence electrons. The fourth-order valence-electron chi connectivity index (χ4n) is 0. The average molecular weight is 352 g/mol. The number of hydrogen-bond donors (Lipinski definition) is 0. The molecular formula is C3H4Br2Cl3NO2. The van der Waals surface area contributed by atoms with Gasteiger partial charge in [0, 0.05) is 10.7 Å². The van der Waals surface area contributed by atoms with Gasteiger partial charge in [-0.05, 0) is 34.8 Å². The van der Waals surface area contributed by atoms with Crippen molar-refractivity contribution < 1.29 is 4.92 Å². The van der Waals surface area contributed by atoms with Crippen molar-refractivity contribution in [3.8, 4) is 0 Å². The van der Waals surface area contributed by atoms with Crippen molar-refractivity contribution in [3.05, 3.63) is 10.1 Å². The summed E-state index contributed by atoms with van der Waals surface area (Å²) in [7, 11) is 0. The van der Waals surface area contributed by atoms with Crippen molar-refractivity contribution in [1.29, 1.82) is 0 Å². The highest BCUT2D eigenvalue weighted by atomic mass is 79.9. The second-order valence-corrected chi connectivity index (χ2v) is 4.91. The molecule has 0 bridgehead atoms. The van der Waals surface area contributed by atoms with E-state index in [0.717, 1.165) is 10.7 Å². The van der Waals surface area contributed by atoms with Crippen LogP contribution in [0.1, 0.15) is 0 Å². The summed E-state index contributed by atoms with van der Waals surface area (Å²) in [6.07, 6.45) is 0. The molecule has 0 saturated carbocycles. The van der Waals surface area contributed by atoms with Gasteiger partial charge in [-0.25, -0.2) is 0 Å². The van der Waals surface area contributed by atoms with Crippen LogP contribution in [0.5, 0.6) is 0 Å². The van der Waals surface area contributed by atoms with E-state index in [1.165, 1.54) is 0 Å². The lowest BCUT2D eigenvalue weighted by atomic mass is 11.0. The Morgan fingerprint density at radius 3 is 1.45 bits per heavy atom. The van der Waals surface area contributed by atoms with Gasteiger partial charge in [0.2, 0.25) is 0 Å². The Morgan fingerprint density at radius 2 is 1.45 bits per heavy atom. The molecule has 8 heteroatoms. The first-order valence-electron chi connectivity index (χ1n) is 2.19. The van der Waals surface area contributed by atoms with Crippen molar-refractivity contribution >= 4 is 66.7 Å². The summed E-state index contributed by atoms with van der Waals surface area (Å²) in [4.78, 5) is 8.41. The Labute approximate surface area is 95.8 Å². The van der Waals surface area contributed by atoms with Gasteiger partial charge in [-0.1, -0.05) is 31.9 Å². The van der Waals surface area contributed by atoms with Gasteiger partial charge in [-0.3, -0.25) is 10.1 Å². The molecule has 0 atom stereocenters. The molecule has 0 heterocycles. The van der Waals surface area contributed by atoms with E-state index < -0.39 is 8.84 Å². The van der Waals surface area contributed by atoms with Crippen LogP contribution in [0.2, 0.25) is 0 Å². The van der Waals surface area contributed by atoms with Crippen molar-refractivity contribution in [3.63, 3.8) is 0 Å². The second-order valence-electron chi connectivity index (χ2n) is 1.10. The van der Waals surface area contributed by atoms with Crippen molar-refractivity contribution in [2.75, 3.05) is 10.7 Å². The number of nitro groups is 1. The van der Waals surface area contributed by atoms with Gasteiger partial charge < -0.3 is 0 Å². The predicted octanol–water partition coefficient (Wildman–Crippen LogP) is 3.37. The van der Waals surface area contributed by atoms with Gasteiger partial charge in [0.05, 0.1) is 4.92 Å². The minimum atomic E-state index is -2.36. The lowest BCUT2D eigenvalue weighted by Gasteiger charge is -1.96. The average Bonchev–Trinajstić information content (AvgIpc) is 1.87. The first-order chi connectivity index (χ1) is 4.86. The maximum atomic E-state index is 9.43. The van der Waals surface area contributed by atoms with E-state index in [0.29, 0.717) is 0 Å². The summed E-state index contributed by atoms with van der Waals surface area (Å²) in [5, 5.41) is 11.5. The summed E-state index contributed by atoms with van der Waals surface area (Å²) in [6, 6.07) is 0. The summed E-state index contributed by atoms with van der Waals surface area (Å²) in [6.45, 7) is 0. The third-order valence-electron chi connectivity index (χ3n) is 0.278. The van der Waals surface area contributed by atoms with E-state index in [9.17, 15) is 10.1 Å². The zero-order chi connectivity index (χ0) is 9.49. The topological polar surface area (TPSA) is 43.1 Å². The fourth-order valence-corrected chi connectivity index (χ4v) is 0. The van der Waals surface area contributed by atoms with E-state index in [1.807, 2.05) is 0 Å². The van der Waals surface area contributed by atoms with E-state index in [-0.39, 0.29) is 0 Å². The molecule has 0 unspecified atom stereocenters. The highest BCUT2D eigenvalue weighted by Gasteiger charge is 2.33. The first kappa shape index (κ1) is 14.7. The molecule has 0 aliphatic heterocycles. The van der Waals surface area contributed by atoms with Gasteiger partial charge in [-0.15, -0.1) is 0 Å². The van der Waals surface area contributed by atoms with Crippen molar-refractivity contribution in [2.24, 2.45) is 0 Å². The van der Waals surface area contributed by atoms with Gasteiger partial charge in [-0.2, -0.15) is 0 Å². The number of rotatable bonds is 1. The molecule has 0 aliphatic carbocycles. The summed E-state index contributed by atoms with van der Waals surface area (Å²) >= 11 is 20.5. The predicted molar refractivity (Wildman–Crippen MR) is 54.9 cm³/mol. The Kier molecular flexibility index (Phi) is 10.5. The van der Waals surface area contributed by atoms with E-state index >= 15 is 0 Å². The lowest BCUT2D eigenvalue weighted by Crippen LogP contribution is -2.15. The van der Waals surface area contributed by atoms with Gasteiger partial charge in [0.1, 0.15) is 0 Å². The summed E-state index contributed by atoms with van der Waals surface area (Å²) < 4.78 is -2.36. The molecule has 0 saturated heterocycles. The van der Waals surface area contributed by atoms with Crippen LogP contribution in [0.4, 0.5) is 0 Å². The molecule has 0 aliphatic rings. The van der Waals surface area contributed by atoms with E-state index in [4.69, 9.17) is 34.8 Å². The van der Waals surface area contributed by atoms with Crippen LogP contribution in [0.25, 0.3) is 0 Å². The molecule has 0 fully saturated rings. The minimum Gasteiger partial charge on any atom is -0.260 e. The maximum Gasteiger partial charge on any atom is 0.449 e. The standard InChI is InChI=1S/C2H4Br2.CCl3NO2/c3-1-2-4;2-1(3,4)5(6)7/h1-2H2;. The monoisotopic (exact) mass is 349 g/mol. The quantitative estimate of drug-likeness (QED) is 0.314. The molecule has 11 heavy (non-hydrogen) atoms. The van der Waals surface area contributed by atoms with Gasteiger partial charge in [0.25, 0.3) is 0 Å². The largest absolute Gasteiger partial charge is 0.449 e. The molecule has 0 amide bonds. The number of hydrogen-bond acceptors (Lipinski definition) is 2. The molecule has 0 N–H and O–H groups in total. The SMILES string of the molecule is BrCCBr.O=[N+]([O-])C(Cl)(Cl)Cl. The van der Waals surface area contributed by atoms with Gasteiger partial charge >= 0.3 is 3.92 Å². The normalized spacial score (nSPS) is 9.91. The van der Waals surface area contributed by atoms with Crippen LogP contribution in [-0.4, -0.2) is 19.5 Å². The Morgan fingerprint density at radius 1 is 1.27 bits per heavy atom. The Balaban J connectivity index is 0. The van der Waals surface area contributed by atoms with E-state index in [2.05, 4.69) is 31.9 Å². The number of alkyl halides is 5. The third kappa shape index (κ3) is 14.1.